The van der Waals surface area contributed by atoms with Gasteiger partial charge in [-0.05, 0) is 66.7 Å². The van der Waals surface area contributed by atoms with Gasteiger partial charge in [0.1, 0.15) is 0 Å². The number of nitrogens with zero attached hydrogens (tertiary/aromatic N) is 2. The maximum Gasteiger partial charge on any atom is 0.181 e. The first-order valence-corrected chi connectivity index (χ1v) is 11.5. The predicted octanol–water partition coefficient (Wildman–Crippen LogP) is 4.25. The molecule has 0 unspecified atom stereocenters. The van der Waals surface area contributed by atoms with Gasteiger partial charge in [0.05, 0.1) is 10.1 Å². The number of likely N-dealkylation sites (tertiary alicyclic amines) is 1. The first kappa shape index (κ1) is 18.3. The fourth-order valence-corrected chi connectivity index (χ4v) is 6.04. The molecule has 3 aromatic rings. The van der Waals surface area contributed by atoms with Gasteiger partial charge in [0.25, 0.3) is 0 Å². The molecule has 3 heterocycles. The van der Waals surface area contributed by atoms with E-state index in [9.17, 15) is 8.42 Å². The molecule has 1 saturated heterocycles. The average molecular weight is 399 g/mol. The average Bonchev–Trinajstić information content (AvgIpc) is 3.24. The van der Waals surface area contributed by atoms with Crippen LogP contribution in [-0.4, -0.2) is 36.6 Å². The number of pyridine rings is 1. The molecule has 1 aromatic carbocycles. The Morgan fingerprint density at radius 2 is 1.81 bits per heavy atom. The first-order chi connectivity index (χ1) is 13.1. The van der Waals surface area contributed by atoms with Gasteiger partial charge in [-0.25, -0.2) is 8.42 Å². The van der Waals surface area contributed by atoms with E-state index >= 15 is 0 Å². The lowest BCUT2D eigenvalue weighted by atomic mass is 10.1. The van der Waals surface area contributed by atoms with Crippen LogP contribution in [0.15, 0.2) is 71.2 Å². The summed E-state index contributed by atoms with van der Waals surface area (Å²) in [7, 11) is -3.28. The summed E-state index contributed by atoms with van der Waals surface area (Å²) in [6, 6.07) is 15.4. The lowest BCUT2D eigenvalue weighted by Gasteiger charge is -2.31. The summed E-state index contributed by atoms with van der Waals surface area (Å²) in [5.41, 5.74) is 2.23. The molecule has 0 saturated carbocycles. The van der Waals surface area contributed by atoms with E-state index in [1.54, 1.807) is 29.7 Å². The highest BCUT2D eigenvalue weighted by atomic mass is 32.2. The van der Waals surface area contributed by atoms with Crippen molar-refractivity contribution in [3.63, 3.8) is 0 Å². The van der Waals surface area contributed by atoms with Gasteiger partial charge in [-0.15, -0.1) is 11.3 Å². The zero-order valence-electron chi connectivity index (χ0n) is 15.0. The van der Waals surface area contributed by atoms with Gasteiger partial charge in [-0.3, -0.25) is 9.88 Å². The fourth-order valence-electron chi connectivity index (χ4n) is 3.57. The molecule has 0 N–H and O–H groups in total. The minimum atomic E-state index is -3.28. The van der Waals surface area contributed by atoms with Crippen molar-refractivity contribution in [3.8, 4) is 10.4 Å². The molecule has 0 bridgehead atoms. The van der Waals surface area contributed by atoms with Crippen molar-refractivity contribution in [2.45, 2.75) is 29.5 Å². The fraction of sp³-hybridized carbons (Fsp3) is 0.286. The summed E-state index contributed by atoms with van der Waals surface area (Å²) in [6.07, 6.45) is 4.99. The van der Waals surface area contributed by atoms with E-state index < -0.39 is 9.84 Å². The standard InChI is InChI=1S/C21H22N2O2S2/c24-27(25,19-7-5-18(6-8-19)21-4-2-14-26-21)20-9-12-23(13-10-20)16-17-3-1-11-22-15-17/h1-8,11,14-15,20H,9-10,12-13,16H2. The van der Waals surface area contributed by atoms with E-state index in [1.807, 2.05) is 41.9 Å². The number of sulfone groups is 1. The highest BCUT2D eigenvalue weighted by Crippen LogP contribution is 2.29. The number of rotatable bonds is 5. The number of benzene rings is 1. The lowest BCUT2D eigenvalue weighted by Crippen LogP contribution is -2.38. The highest BCUT2D eigenvalue weighted by Gasteiger charge is 2.31. The summed E-state index contributed by atoms with van der Waals surface area (Å²) in [4.78, 5) is 8.05. The molecule has 0 amide bonds. The van der Waals surface area contributed by atoms with Crippen molar-refractivity contribution in [2.24, 2.45) is 0 Å². The summed E-state index contributed by atoms with van der Waals surface area (Å²) >= 11 is 1.66. The van der Waals surface area contributed by atoms with E-state index in [0.29, 0.717) is 17.7 Å². The third kappa shape index (κ3) is 4.13. The number of hydrogen-bond donors (Lipinski definition) is 0. The number of aromatic nitrogens is 1. The molecule has 6 heteroatoms. The Morgan fingerprint density at radius 3 is 2.44 bits per heavy atom. The largest absolute Gasteiger partial charge is 0.299 e. The Hall–Kier alpha value is -2.02. The minimum Gasteiger partial charge on any atom is -0.299 e. The molecule has 0 atom stereocenters. The quantitative estimate of drug-likeness (QED) is 0.645. The summed E-state index contributed by atoms with van der Waals surface area (Å²) < 4.78 is 26.0. The molecule has 4 rings (SSSR count). The van der Waals surface area contributed by atoms with Crippen LogP contribution in [0.4, 0.5) is 0 Å². The van der Waals surface area contributed by atoms with Gasteiger partial charge in [0.15, 0.2) is 9.84 Å². The molecule has 0 aliphatic carbocycles. The molecular weight excluding hydrogens is 376 g/mol. The number of thiophene rings is 1. The van der Waals surface area contributed by atoms with Crippen LogP contribution >= 0.6 is 11.3 Å². The van der Waals surface area contributed by atoms with Gasteiger partial charge in [-0.2, -0.15) is 0 Å². The third-order valence-corrected chi connectivity index (χ3v) is 8.29. The molecule has 0 spiro atoms. The third-order valence-electron chi connectivity index (χ3n) is 5.09. The van der Waals surface area contributed by atoms with Crippen LogP contribution in [0.25, 0.3) is 10.4 Å². The second-order valence-corrected chi connectivity index (χ2v) is 10.1. The van der Waals surface area contributed by atoms with Crippen LogP contribution in [0.2, 0.25) is 0 Å². The zero-order chi connectivity index (χ0) is 18.7. The molecule has 0 radical (unpaired) electrons. The summed E-state index contributed by atoms with van der Waals surface area (Å²) in [6.45, 7) is 2.42. The van der Waals surface area contributed by atoms with E-state index in [2.05, 4.69) is 16.0 Å². The molecule has 1 fully saturated rings. The Kier molecular flexibility index (Phi) is 5.38. The Morgan fingerprint density at radius 1 is 1.04 bits per heavy atom. The van der Waals surface area contributed by atoms with Crippen molar-refractivity contribution in [1.82, 2.24) is 9.88 Å². The van der Waals surface area contributed by atoms with Crippen LogP contribution in [0.1, 0.15) is 18.4 Å². The summed E-state index contributed by atoms with van der Waals surface area (Å²) in [5, 5.41) is 1.73. The topological polar surface area (TPSA) is 50.3 Å². The molecule has 1 aliphatic heterocycles. The monoisotopic (exact) mass is 398 g/mol. The van der Waals surface area contributed by atoms with Crippen molar-refractivity contribution >= 4 is 21.2 Å². The number of piperidine rings is 1. The van der Waals surface area contributed by atoms with Crippen molar-refractivity contribution in [1.29, 1.82) is 0 Å². The lowest BCUT2D eigenvalue weighted by molar-refractivity contribution is 0.222. The highest BCUT2D eigenvalue weighted by molar-refractivity contribution is 7.92. The van der Waals surface area contributed by atoms with Crippen LogP contribution in [0.5, 0.6) is 0 Å². The Labute approximate surface area is 164 Å². The zero-order valence-corrected chi connectivity index (χ0v) is 16.6. The molecule has 27 heavy (non-hydrogen) atoms. The van der Waals surface area contributed by atoms with E-state index in [-0.39, 0.29) is 5.25 Å². The van der Waals surface area contributed by atoms with Crippen molar-refractivity contribution in [3.05, 3.63) is 71.9 Å². The number of hydrogen-bond acceptors (Lipinski definition) is 5. The van der Waals surface area contributed by atoms with Crippen LogP contribution in [-0.2, 0) is 16.4 Å². The van der Waals surface area contributed by atoms with Crippen LogP contribution in [0, 0.1) is 0 Å². The Balaban J connectivity index is 1.41. The predicted molar refractivity (Wildman–Crippen MR) is 109 cm³/mol. The normalized spacial score (nSPS) is 16.4. The van der Waals surface area contributed by atoms with Gasteiger partial charge >= 0.3 is 0 Å². The molecule has 4 nitrogen and oxygen atoms in total. The maximum atomic E-state index is 13.0. The van der Waals surface area contributed by atoms with Gasteiger partial charge < -0.3 is 0 Å². The van der Waals surface area contributed by atoms with Crippen LogP contribution < -0.4 is 0 Å². The van der Waals surface area contributed by atoms with Crippen LogP contribution in [0.3, 0.4) is 0 Å². The first-order valence-electron chi connectivity index (χ1n) is 9.12. The second-order valence-electron chi connectivity index (χ2n) is 6.88. The Bertz CT molecular complexity index is 961. The van der Waals surface area contributed by atoms with E-state index in [4.69, 9.17) is 0 Å². The van der Waals surface area contributed by atoms with E-state index in [1.165, 1.54) is 5.56 Å². The SMILES string of the molecule is O=S(=O)(c1ccc(-c2cccs2)cc1)C1CCN(Cc2cccnc2)CC1. The van der Waals surface area contributed by atoms with Gasteiger partial charge in [-0.1, -0.05) is 24.3 Å². The van der Waals surface area contributed by atoms with Gasteiger partial charge in [0, 0.05) is 23.8 Å². The van der Waals surface area contributed by atoms with Crippen molar-refractivity contribution < 1.29 is 8.42 Å². The van der Waals surface area contributed by atoms with Crippen molar-refractivity contribution in [2.75, 3.05) is 13.1 Å². The second kappa shape index (κ2) is 7.92. The van der Waals surface area contributed by atoms with Gasteiger partial charge in [0.2, 0.25) is 0 Å². The molecular formula is C21H22N2O2S2. The smallest absolute Gasteiger partial charge is 0.181 e. The molecule has 2 aromatic heterocycles. The minimum absolute atomic E-state index is 0.296. The molecule has 140 valence electrons. The van der Waals surface area contributed by atoms with E-state index in [0.717, 1.165) is 30.1 Å². The maximum absolute atomic E-state index is 13.0. The summed E-state index contributed by atoms with van der Waals surface area (Å²) in [5.74, 6) is 0. The molecule has 1 aliphatic rings.